The Bertz CT molecular complexity index is 2940. The van der Waals surface area contributed by atoms with Crippen LogP contribution in [0.15, 0.2) is 267 Å². The van der Waals surface area contributed by atoms with Crippen LogP contribution in [-0.4, -0.2) is 0 Å². The maximum absolute atomic E-state index is 2.33. The van der Waals surface area contributed by atoms with E-state index in [1.807, 2.05) is 0 Å². The van der Waals surface area contributed by atoms with Crippen LogP contribution < -0.4 is 9.80 Å². The summed E-state index contributed by atoms with van der Waals surface area (Å²) in [4.78, 5) is 4.67. The van der Waals surface area contributed by atoms with E-state index in [9.17, 15) is 0 Å². The van der Waals surface area contributed by atoms with E-state index in [0.29, 0.717) is 0 Å². The average Bonchev–Trinajstić information content (AvgIpc) is 3.41. The number of anilines is 6. The van der Waals surface area contributed by atoms with Crippen LogP contribution in [0, 0.1) is 13.8 Å². The van der Waals surface area contributed by atoms with Gasteiger partial charge in [-0.1, -0.05) is 205 Å². The minimum Gasteiger partial charge on any atom is -0.311 e. The Labute approximate surface area is 401 Å². The van der Waals surface area contributed by atoms with Crippen molar-refractivity contribution in [3.05, 3.63) is 311 Å². The molecule has 68 heavy (non-hydrogen) atoms. The zero-order valence-electron chi connectivity index (χ0n) is 38.5. The molecule has 326 valence electrons. The van der Waals surface area contributed by atoms with Crippen LogP contribution in [0.4, 0.5) is 34.1 Å². The molecule has 2 heteroatoms. The summed E-state index contributed by atoms with van der Waals surface area (Å²) in [5.41, 5.74) is 20.8. The Balaban J connectivity index is 0.933. The highest BCUT2D eigenvalue weighted by Crippen LogP contribution is 2.39. The second kappa shape index (κ2) is 20.2. The topological polar surface area (TPSA) is 6.48 Å². The number of rotatable bonds is 13. The molecule has 10 aromatic rings. The van der Waals surface area contributed by atoms with E-state index in [0.717, 1.165) is 56.4 Å². The fourth-order valence-electron chi connectivity index (χ4n) is 8.80. The first-order valence-electron chi connectivity index (χ1n) is 23.3. The van der Waals surface area contributed by atoms with Crippen LogP contribution in [0.1, 0.15) is 44.5 Å². The van der Waals surface area contributed by atoms with Gasteiger partial charge in [0.2, 0.25) is 0 Å². The molecular formula is C66H52N2. The maximum atomic E-state index is 2.33. The molecule has 0 spiro atoms. The Kier molecular flexibility index (Phi) is 12.8. The summed E-state index contributed by atoms with van der Waals surface area (Å²) in [6, 6.07) is 95.7. The van der Waals surface area contributed by atoms with Crippen molar-refractivity contribution in [1.82, 2.24) is 0 Å². The molecule has 0 amide bonds. The number of nitrogens with zero attached hydrogens (tertiary/aromatic N) is 2. The van der Waals surface area contributed by atoms with Crippen molar-refractivity contribution in [2.45, 2.75) is 13.8 Å². The predicted molar refractivity (Wildman–Crippen MR) is 290 cm³/mol. The molecule has 0 aromatic heterocycles. The van der Waals surface area contributed by atoms with Crippen molar-refractivity contribution in [1.29, 1.82) is 0 Å². The van der Waals surface area contributed by atoms with Gasteiger partial charge in [-0.25, -0.2) is 0 Å². The Morgan fingerprint density at radius 3 is 0.721 bits per heavy atom. The summed E-state index contributed by atoms with van der Waals surface area (Å²) in [6.45, 7) is 4.27. The minimum absolute atomic E-state index is 1.09. The lowest BCUT2D eigenvalue weighted by Gasteiger charge is -2.26. The molecule has 0 bridgehead atoms. The Morgan fingerprint density at radius 1 is 0.250 bits per heavy atom. The molecule has 0 N–H and O–H groups in total. The zero-order valence-corrected chi connectivity index (χ0v) is 38.5. The molecule has 0 saturated carbocycles. The van der Waals surface area contributed by atoms with E-state index in [2.05, 4.69) is 303 Å². The number of hydrogen-bond donors (Lipinski definition) is 0. The van der Waals surface area contributed by atoms with Gasteiger partial charge in [-0.2, -0.15) is 0 Å². The van der Waals surface area contributed by atoms with Crippen molar-refractivity contribution in [3.8, 4) is 11.1 Å². The highest BCUT2D eigenvalue weighted by atomic mass is 15.1. The van der Waals surface area contributed by atoms with Gasteiger partial charge in [0.25, 0.3) is 0 Å². The molecular weight excluding hydrogens is 821 g/mol. The molecule has 0 heterocycles. The molecule has 0 saturated heterocycles. The summed E-state index contributed by atoms with van der Waals surface area (Å²) in [5.74, 6) is 0. The highest BCUT2D eigenvalue weighted by Gasteiger charge is 2.16. The molecule has 10 rings (SSSR count). The third-order valence-corrected chi connectivity index (χ3v) is 12.4. The molecule has 0 unspecified atom stereocenters. The molecule has 2 nitrogen and oxygen atoms in total. The van der Waals surface area contributed by atoms with Gasteiger partial charge in [0.05, 0.1) is 0 Å². The first-order valence-corrected chi connectivity index (χ1v) is 23.3. The minimum atomic E-state index is 1.09. The van der Waals surface area contributed by atoms with Crippen molar-refractivity contribution in [3.63, 3.8) is 0 Å². The van der Waals surface area contributed by atoms with Gasteiger partial charge >= 0.3 is 0 Å². The lowest BCUT2D eigenvalue weighted by molar-refractivity contribution is 1.27. The van der Waals surface area contributed by atoms with Crippen LogP contribution in [-0.2, 0) is 0 Å². The lowest BCUT2D eigenvalue weighted by atomic mass is 9.95. The van der Waals surface area contributed by atoms with Crippen molar-refractivity contribution >= 4 is 57.4 Å². The second-order valence-corrected chi connectivity index (χ2v) is 17.2. The standard InChI is InChI=1S/C66H52N2/c1-49-23-35-59(36-24-49)67(61-39-27-51(28-40-61)47-65(55-15-7-3-8-16-55)56-17-9-4-10-18-56)63-43-31-53(32-44-63)54-33-45-64(46-34-54)68(60-37-25-50(2)26-38-60)62-41-29-52(30-42-62)48-66(57-19-11-5-12-20-57)58-21-13-6-14-22-58/h3-48H,1-2H3. The van der Waals surface area contributed by atoms with Crippen LogP contribution >= 0.6 is 0 Å². The largest absolute Gasteiger partial charge is 0.311 e. The molecule has 0 atom stereocenters. The summed E-state index contributed by atoms with van der Waals surface area (Å²) >= 11 is 0. The fourth-order valence-corrected chi connectivity index (χ4v) is 8.80. The van der Waals surface area contributed by atoms with Crippen molar-refractivity contribution in [2.24, 2.45) is 0 Å². The average molecular weight is 873 g/mol. The molecule has 0 radical (unpaired) electrons. The van der Waals surface area contributed by atoms with Gasteiger partial charge < -0.3 is 9.80 Å². The van der Waals surface area contributed by atoms with Crippen LogP contribution in [0.5, 0.6) is 0 Å². The third-order valence-electron chi connectivity index (χ3n) is 12.4. The SMILES string of the molecule is Cc1ccc(N(c2ccc(C=C(c3ccccc3)c3ccccc3)cc2)c2ccc(-c3ccc(N(c4ccc(C)cc4)c4ccc(C=C(c5ccccc5)c5ccccc5)cc4)cc3)cc2)cc1. The quantitative estimate of drug-likeness (QED) is 0.107. The first-order chi connectivity index (χ1) is 33.5. The van der Waals surface area contributed by atoms with Gasteiger partial charge in [0.15, 0.2) is 0 Å². The van der Waals surface area contributed by atoms with E-state index in [-0.39, 0.29) is 0 Å². The smallest absolute Gasteiger partial charge is 0.0462 e. The summed E-state index contributed by atoms with van der Waals surface area (Å²) < 4.78 is 0. The van der Waals surface area contributed by atoms with Crippen molar-refractivity contribution < 1.29 is 0 Å². The summed E-state index contributed by atoms with van der Waals surface area (Å²) in [6.07, 6.45) is 4.57. The van der Waals surface area contributed by atoms with E-state index >= 15 is 0 Å². The van der Waals surface area contributed by atoms with Gasteiger partial charge in [-0.3, -0.25) is 0 Å². The van der Waals surface area contributed by atoms with E-state index in [1.165, 1.54) is 44.5 Å². The molecule has 0 aliphatic heterocycles. The monoisotopic (exact) mass is 872 g/mol. The lowest BCUT2D eigenvalue weighted by Crippen LogP contribution is -2.10. The Morgan fingerprint density at radius 2 is 0.471 bits per heavy atom. The van der Waals surface area contributed by atoms with Crippen molar-refractivity contribution in [2.75, 3.05) is 9.80 Å². The van der Waals surface area contributed by atoms with E-state index in [1.54, 1.807) is 0 Å². The number of aryl methyl sites for hydroxylation is 2. The summed E-state index contributed by atoms with van der Waals surface area (Å²) in [5, 5.41) is 0. The van der Waals surface area contributed by atoms with Gasteiger partial charge in [-0.05, 0) is 154 Å². The summed E-state index contributed by atoms with van der Waals surface area (Å²) in [7, 11) is 0. The zero-order chi connectivity index (χ0) is 46.1. The predicted octanol–water partition coefficient (Wildman–Crippen LogP) is 18.1. The fraction of sp³-hybridized carbons (Fsp3) is 0.0303. The highest BCUT2D eigenvalue weighted by molar-refractivity contribution is 5.93. The normalized spacial score (nSPS) is 10.8. The van der Waals surface area contributed by atoms with E-state index < -0.39 is 0 Å². The van der Waals surface area contributed by atoms with Gasteiger partial charge in [0, 0.05) is 34.1 Å². The molecule has 0 aliphatic carbocycles. The molecule has 0 fully saturated rings. The second-order valence-electron chi connectivity index (χ2n) is 17.2. The Hall–Kier alpha value is -8.72. The maximum Gasteiger partial charge on any atom is 0.0462 e. The number of hydrogen-bond acceptors (Lipinski definition) is 2. The van der Waals surface area contributed by atoms with Crippen LogP contribution in [0.2, 0.25) is 0 Å². The van der Waals surface area contributed by atoms with Gasteiger partial charge in [0.1, 0.15) is 0 Å². The first kappa shape index (κ1) is 43.2. The number of benzene rings is 10. The van der Waals surface area contributed by atoms with E-state index in [4.69, 9.17) is 0 Å². The molecule has 10 aromatic carbocycles. The third kappa shape index (κ3) is 9.91. The van der Waals surface area contributed by atoms with Crippen LogP contribution in [0.25, 0.3) is 34.4 Å². The van der Waals surface area contributed by atoms with Gasteiger partial charge in [-0.15, -0.1) is 0 Å². The molecule has 0 aliphatic rings. The van der Waals surface area contributed by atoms with Crippen LogP contribution in [0.3, 0.4) is 0 Å².